The van der Waals surface area contributed by atoms with Crippen molar-refractivity contribution in [3.8, 4) is 12.3 Å². The van der Waals surface area contributed by atoms with Crippen LogP contribution in [0.4, 0.5) is 0 Å². The van der Waals surface area contributed by atoms with Gasteiger partial charge in [-0.15, -0.1) is 18.0 Å². The molecular weight excluding hydrogens is 610 g/mol. The molecule has 0 aliphatic rings. The Hall–Kier alpha value is -2.34. The summed E-state index contributed by atoms with van der Waals surface area (Å²) in [5, 5.41) is 0.650. The highest BCUT2D eigenvalue weighted by atomic mass is 35.5. The normalized spacial score (nSPS) is 9.20. The molecule has 0 aromatic heterocycles. The molecule has 0 rings (SSSR count). The Kier molecular flexibility index (Phi) is 64.3. The molecule has 272 valence electrons. The standard InChI is InChI=1S/C9H17NO.C6H10O.C6H8O.C5H9ClO.C5H10O2S.5CH4/c1-8(2)9(11)6-5-7-10(3)4;2*1-4-6(7)5(2)3;1-4(2)5(7)3-6;1-4-8(6,7)5(2)3;;;;;/h5-6,8H,7H2,1-4H3;4-5H,1H2,2-3H3;1,5H,2-3H3;4H,3H2,1-2H3;4-5H,1H2,2-3H3;5*1H4/b6-5+;;;;;;;;;. The van der Waals surface area contributed by atoms with Crippen LogP contribution in [0.2, 0.25) is 0 Å². The van der Waals surface area contributed by atoms with Gasteiger partial charge in [-0.1, -0.05) is 112 Å². The highest BCUT2D eigenvalue weighted by Gasteiger charge is 2.09. The number of nitrogens with zero attached hydrogens (tertiary/aromatic N) is 1. The van der Waals surface area contributed by atoms with Crippen molar-refractivity contribution in [2.45, 2.75) is 112 Å². The Bertz CT molecular complexity index is 924. The van der Waals surface area contributed by atoms with Gasteiger partial charge in [0.2, 0.25) is 5.78 Å². The van der Waals surface area contributed by atoms with Gasteiger partial charge in [-0.2, -0.15) is 0 Å². The fourth-order valence-corrected chi connectivity index (χ4v) is 2.01. The van der Waals surface area contributed by atoms with Gasteiger partial charge in [-0.05, 0) is 46.0 Å². The van der Waals surface area contributed by atoms with Crippen LogP contribution in [0.15, 0.2) is 36.8 Å². The van der Waals surface area contributed by atoms with Gasteiger partial charge in [0.05, 0.1) is 11.1 Å². The first-order chi connectivity index (χ1) is 18.1. The monoisotopic (exact) mass is 683 g/mol. The van der Waals surface area contributed by atoms with E-state index < -0.39 is 9.84 Å². The smallest absolute Gasteiger partial charge is 0.207 e. The highest BCUT2D eigenvalue weighted by molar-refractivity contribution is 7.94. The lowest BCUT2D eigenvalue weighted by Crippen LogP contribution is -2.11. The largest absolute Gasteiger partial charge is 0.306 e. The van der Waals surface area contributed by atoms with Crippen LogP contribution < -0.4 is 0 Å². The number of ketones is 4. The number of allylic oxidation sites excluding steroid dienone is 2. The molecule has 0 saturated heterocycles. The molecule has 0 spiro atoms. The summed E-state index contributed by atoms with van der Waals surface area (Å²) in [6, 6.07) is 0. The van der Waals surface area contributed by atoms with Crippen molar-refractivity contribution < 1.29 is 27.6 Å². The van der Waals surface area contributed by atoms with Gasteiger partial charge in [-0.25, -0.2) is 8.42 Å². The molecule has 0 heterocycles. The highest BCUT2D eigenvalue weighted by Crippen LogP contribution is 1.99. The quantitative estimate of drug-likeness (QED) is 0.0925. The fraction of sp³-hybridized carbons (Fsp3) is 0.667. The van der Waals surface area contributed by atoms with Gasteiger partial charge in [0.15, 0.2) is 21.4 Å². The van der Waals surface area contributed by atoms with Crippen molar-refractivity contribution in [2.75, 3.05) is 26.5 Å². The molecule has 0 unspecified atom stereocenters. The Morgan fingerprint density at radius 1 is 0.756 bits per heavy atom. The van der Waals surface area contributed by atoms with Crippen LogP contribution in [0, 0.1) is 36.0 Å². The lowest BCUT2D eigenvalue weighted by molar-refractivity contribution is -0.119. The second-order valence-electron chi connectivity index (χ2n) is 10.2. The molecule has 0 N–H and O–H groups in total. The summed E-state index contributed by atoms with van der Waals surface area (Å²) in [6.45, 7) is 25.3. The number of Topliss-reactive ketones (excluding diaryl/α,β-unsaturated/α-hetero) is 2. The van der Waals surface area contributed by atoms with E-state index in [1.165, 1.54) is 6.08 Å². The molecule has 0 bridgehead atoms. The molecule has 0 fully saturated rings. The van der Waals surface area contributed by atoms with E-state index in [1.54, 1.807) is 33.8 Å². The summed E-state index contributed by atoms with van der Waals surface area (Å²) in [5.74, 6) is 2.79. The van der Waals surface area contributed by atoms with Crippen LogP contribution in [-0.4, -0.2) is 68.2 Å². The third-order valence-electron chi connectivity index (χ3n) is 4.42. The average Bonchev–Trinajstić information content (AvgIpc) is 2.87. The van der Waals surface area contributed by atoms with E-state index in [-0.39, 0.29) is 95.1 Å². The van der Waals surface area contributed by atoms with E-state index in [0.29, 0.717) is 0 Å². The number of hydrogen-bond donors (Lipinski definition) is 0. The first-order valence-corrected chi connectivity index (χ1v) is 15.2. The second kappa shape index (κ2) is 41.7. The van der Waals surface area contributed by atoms with Crippen molar-refractivity contribution in [1.29, 1.82) is 0 Å². The predicted octanol–water partition coefficient (Wildman–Crippen LogP) is 9.16. The summed E-state index contributed by atoms with van der Waals surface area (Å²) in [7, 11) is 0.981. The summed E-state index contributed by atoms with van der Waals surface area (Å²) in [5.41, 5.74) is 0. The number of hydrogen-bond acceptors (Lipinski definition) is 7. The molecule has 0 aromatic carbocycles. The number of rotatable bonds is 11. The number of sulfone groups is 1. The zero-order valence-corrected chi connectivity index (χ0v) is 28.4. The van der Waals surface area contributed by atoms with Crippen molar-refractivity contribution in [1.82, 2.24) is 4.90 Å². The Labute approximate surface area is 287 Å². The van der Waals surface area contributed by atoms with E-state index in [2.05, 4.69) is 13.2 Å². The Balaban J connectivity index is -0.0000000419. The number of halogens is 1. The minimum absolute atomic E-state index is 0. The van der Waals surface area contributed by atoms with Crippen molar-refractivity contribution in [3.63, 3.8) is 0 Å². The van der Waals surface area contributed by atoms with Crippen LogP contribution in [0.3, 0.4) is 0 Å². The molecule has 0 aromatic rings. The number of alkyl halides is 1. The summed E-state index contributed by atoms with van der Waals surface area (Å²) >= 11 is 5.20. The van der Waals surface area contributed by atoms with E-state index in [4.69, 9.17) is 18.0 Å². The van der Waals surface area contributed by atoms with E-state index in [9.17, 15) is 27.6 Å². The molecule has 0 atom stereocenters. The molecule has 7 nitrogen and oxygen atoms in total. The maximum atomic E-state index is 11.0. The zero-order chi connectivity index (χ0) is 33.2. The minimum Gasteiger partial charge on any atom is -0.306 e. The van der Waals surface area contributed by atoms with Crippen molar-refractivity contribution in [3.05, 3.63) is 36.8 Å². The SMILES string of the molecule is C.C.C.C.C.C#CC(=O)C(C)C.C=CC(=O)C(C)C.C=CS(=O)(=O)C(C)C.CC(C)C(=O)/C=C/CN(C)C.CC(C)C(=O)CCl. The molecule has 9 heteroatoms. The van der Waals surface area contributed by atoms with Crippen LogP contribution >= 0.6 is 11.6 Å². The van der Waals surface area contributed by atoms with Crippen LogP contribution in [0.5, 0.6) is 0 Å². The van der Waals surface area contributed by atoms with Crippen LogP contribution in [0.25, 0.3) is 0 Å². The first-order valence-electron chi connectivity index (χ1n) is 13.1. The fourth-order valence-electron chi connectivity index (χ4n) is 1.32. The molecule has 0 saturated carbocycles. The Morgan fingerprint density at radius 2 is 1.13 bits per heavy atom. The third kappa shape index (κ3) is 54.5. The van der Waals surface area contributed by atoms with Crippen LogP contribution in [-0.2, 0) is 29.0 Å². The summed E-state index contributed by atoms with van der Waals surface area (Å²) in [4.78, 5) is 44.1. The number of carbonyl (C=O) groups excluding carboxylic acids is 4. The number of terminal acetylenes is 1. The summed E-state index contributed by atoms with van der Waals surface area (Å²) in [6.07, 6.45) is 9.67. The first kappa shape index (κ1) is 69.4. The maximum Gasteiger partial charge on any atom is 0.207 e. The van der Waals surface area contributed by atoms with Crippen LogP contribution in [0.1, 0.15) is 106 Å². The van der Waals surface area contributed by atoms with Gasteiger partial charge in [0.1, 0.15) is 5.78 Å². The molecule has 45 heavy (non-hydrogen) atoms. The van der Waals surface area contributed by atoms with E-state index >= 15 is 0 Å². The second-order valence-corrected chi connectivity index (χ2v) is 12.9. The van der Waals surface area contributed by atoms with E-state index in [0.717, 1.165) is 12.0 Å². The predicted molar refractivity (Wildman–Crippen MR) is 205 cm³/mol. The van der Waals surface area contributed by atoms with Gasteiger partial charge in [0.25, 0.3) is 0 Å². The lowest BCUT2D eigenvalue weighted by atomic mass is 10.1. The van der Waals surface area contributed by atoms with Crippen molar-refractivity contribution >= 4 is 44.6 Å². The molecular formula is C36H74ClNO6S. The third-order valence-corrected chi connectivity index (χ3v) is 6.47. The topological polar surface area (TPSA) is 106 Å². The number of carbonyl (C=O) groups is 4. The van der Waals surface area contributed by atoms with Gasteiger partial charge >= 0.3 is 0 Å². The van der Waals surface area contributed by atoms with Gasteiger partial charge in [0, 0.05) is 35.6 Å². The minimum atomic E-state index is -2.97. The average molecular weight is 685 g/mol. The maximum absolute atomic E-state index is 11.0. The molecule has 0 amide bonds. The zero-order valence-electron chi connectivity index (χ0n) is 26.8. The molecule has 0 aliphatic heterocycles. The van der Waals surface area contributed by atoms with E-state index in [1.807, 2.05) is 72.5 Å². The summed E-state index contributed by atoms with van der Waals surface area (Å²) < 4.78 is 21.2. The lowest BCUT2D eigenvalue weighted by Gasteiger charge is -2.03. The van der Waals surface area contributed by atoms with Gasteiger partial charge in [-0.3, -0.25) is 19.2 Å². The molecule has 0 aliphatic carbocycles. The number of likely N-dealkylation sites (N-methyl/N-ethyl adjacent to an activating group) is 1. The molecule has 0 radical (unpaired) electrons. The Morgan fingerprint density at radius 3 is 1.22 bits per heavy atom. The van der Waals surface area contributed by atoms with Gasteiger partial charge < -0.3 is 4.90 Å². The van der Waals surface area contributed by atoms with Crippen molar-refractivity contribution in [2.24, 2.45) is 23.7 Å².